The third kappa shape index (κ3) is 3.99. The molecule has 1 aliphatic heterocycles. The first kappa shape index (κ1) is 15.4. The van der Waals surface area contributed by atoms with Crippen LogP contribution in [0.2, 0.25) is 0 Å². The first-order valence-corrected chi connectivity index (χ1v) is 8.87. The summed E-state index contributed by atoms with van der Waals surface area (Å²) < 4.78 is 28.8. The number of hydrogen-bond donors (Lipinski definition) is 2. The van der Waals surface area contributed by atoms with Crippen molar-refractivity contribution in [2.24, 2.45) is 0 Å². The smallest absolute Gasteiger partial charge is 0.301 e. The molecule has 0 radical (unpaired) electrons. The van der Waals surface area contributed by atoms with E-state index in [1.165, 1.54) is 4.31 Å². The predicted octanol–water partition coefficient (Wildman–Crippen LogP) is 1.53. The van der Waals surface area contributed by atoms with Crippen molar-refractivity contribution < 1.29 is 8.42 Å². The number of hydrogen-bond acceptors (Lipinski definition) is 4. The van der Waals surface area contributed by atoms with E-state index < -0.39 is 10.2 Å². The Labute approximate surface area is 124 Å². The first-order valence-electron chi connectivity index (χ1n) is 6.45. The summed E-state index contributed by atoms with van der Waals surface area (Å²) in [6, 6.07) is 7.41. The van der Waals surface area contributed by atoms with Crippen LogP contribution in [0.1, 0.15) is 0 Å². The van der Waals surface area contributed by atoms with Crippen molar-refractivity contribution in [3.05, 3.63) is 36.9 Å². The van der Waals surface area contributed by atoms with E-state index in [9.17, 15) is 8.42 Å². The maximum atomic E-state index is 12.3. The molecule has 0 spiro atoms. The van der Waals surface area contributed by atoms with Crippen LogP contribution in [0, 0.1) is 0 Å². The highest BCUT2D eigenvalue weighted by molar-refractivity contribution is 7.99. The van der Waals surface area contributed by atoms with E-state index in [-0.39, 0.29) is 0 Å². The minimum atomic E-state index is -3.48. The third-order valence-electron chi connectivity index (χ3n) is 2.90. The second-order valence-electron chi connectivity index (χ2n) is 4.35. The molecule has 0 atom stereocenters. The van der Waals surface area contributed by atoms with Crippen LogP contribution in [0.3, 0.4) is 0 Å². The van der Waals surface area contributed by atoms with Gasteiger partial charge in [0.15, 0.2) is 0 Å². The molecule has 0 aliphatic carbocycles. The van der Waals surface area contributed by atoms with Gasteiger partial charge in [-0.3, -0.25) is 4.72 Å². The monoisotopic (exact) mass is 313 g/mol. The second-order valence-corrected chi connectivity index (χ2v) is 7.08. The van der Waals surface area contributed by atoms with Gasteiger partial charge in [0.25, 0.3) is 0 Å². The zero-order valence-electron chi connectivity index (χ0n) is 11.2. The number of nitrogens with zero attached hydrogens (tertiary/aromatic N) is 1. The molecule has 2 rings (SSSR count). The highest BCUT2D eigenvalue weighted by atomic mass is 32.2. The third-order valence-corrected chi connectivity index (χ3v) is 5.49. The van der Waals surface area contributed by atoms with Crippen molar-refractivity contribution in [1.82, 2.24) is 9.62 Å². The normalized spacial score (nSPS) is 16.8. The van der Waals surface area contributed by atoms with Crippen LogP contribution < -0.4 is 10.0 Å². The van der Waals surface area contributed by atoms with Gasteiger partial charge in [0.1, 0.15) is 0 Å². The van der Waals surface area contributed by atoms with Gasteiger partial charge in [0.2, 0.25) is 0 Å². The number of benzene rings is 1. The summed E-state index contributed by atoms with van der Waals surface area (Å²) in [4.78, 5) is 0.908. The van der Waals surface area contributed by atoms with Crippen LogP contribution in [0.25, 0.3) is 0 Å². The van der Waals surface area contributed by atoms with Gasteiger partial charge in [-0.05, 0) is 12.1 Å². The first-order chi connectivity index (χ1) is 9.63. The van der Waals surface area contributed by atoms with Gasteiger partial charge in [-0.1, -0.05) is 18.2 Å². The molecule has 0 bridgehead atoms. The molecule has 2 N–H and O–H groups in total. The largest absolute Gasteiger partial charge is 0.314 e. The lowest BCUT2D eigenvalue weighted by atomic mass is 10.3. The van der Waals surface area contributed by atoms with E-state index in [4.69, 9.17) is 0 Å². The number of nitrogens with one attached hydrogen (secondary N) is 2. The highest BCUT2D eigenvalue weighted by Crippen LogP contribution is 2.28. The lowest BCUT2D eigenvalue weighted by molar-refractivity contribution is 0.362. The Hall–Kier alpha value is -1.02. The molecule has 7 heteroatoms. The highest BCUT2D eigenvalue weighted by Gasteiger charge is 2.24. The summed E-state index contributed by atoms with van der Waals surface area (Å²) >= 11 is 1.56. The maximum Gasteiger partial charge on any atom is 0.301 e. The fraction of sp³-hybridized carbons (Fsp3) is 0.385. The quantitative estimate of drug-likeness (QED) is 0.617. The Balaban J connectivity index is 2.13. The Morgan fingerprint density at radius 2 is 2.05 bits per heavy atom. The van der Waals surface area contributed by atoms with E-state index in [1.807, 2.05) is 18.2 Å². The topological polar surface area (TPSA) is 61.4 Å². The van der Waals surface area contributed by atoms with Crippen LogP contribution in [0.5, 0.6) is 0 Å². The zero-order valence-corrected chi connectivity index (χ0v) is 12.8. The van der Waals surface area contributed by atoms with E-state index in [2.05, 4.69) is 16.6 Å². The summed E-state index contributed by atoms with van der Waals surface area (Å²) in [5, 5.41) is 3.14. The van der Waals surface area contributed by atoms with E-state index in [0.29, 0.717) is 31.9 Å². The second kappa shape index (κ2) is 7.12. The van der Waals surface area contributed by atoms with E-state index >= 15 is 0 Å². The number of para-hydroxylation sites is 1. The number of piperazine rings is 1. The molecule has 0 saturated carbocycles. The average Bonchev–Trinajstić information content (AvgIpc) is 2.47. The molecule has 1 aliphatic rings. The lowest BCUT2D eigenvalue weighted by Crippen LogP contribution is -2.48. The van der Waals surface area contributed by atoms with Crippen molar-refractivity contribution in [3.8, 4) is 0 Å². The number of rotatable bonds is 6. The average molecular weight is 313 g/mol. The van der Waals surface area contributed by atoms with Crippen LogP contribution in [-0.4, -0.2) is 44.7 Å². The number of anilines is 1. The van der Waals surface area contributed by atoms with Crippen LogP contribution in [0.15, 0.2) is 41.8 Å². The Morgan fingerprint density at radius 3 is 2.75 bits per heavy atom. The lowest BCUT2D eigenvalue weighted by Gasteiger charge is -2.27. The molecule has 1 heterocycles. The SMILES string of the molecule is C=CCSc1ccccc1NS(=O)(=O)N1CCNCC1. The minimum Gasteiger partial charge on any atom is -0.314 e. The molecular formula is C13H19N3O2S2. The molecule has 0 amide bonds. The van der Waals surface area contributed by atoms with Gasteiger partial charge in [-0.25, -0.2) is 0 Å². The molecule has 0 aromatic heterocycles. The van der Waals surface area contributed by atoms with Crippen LogP contribution in [0.4, 0.5) is 5.69 Å². The van der Waals surface area contributed by atoms with Gasteiger partial charge in [-0.2, -0.15) is 12.7 Å². The molecule has 110 valence electrons. The molecule has 1 saturated heterocycles. The van der Waals surface area contributed by atoms with Crippen molar-refractivity contribution in [3.63, 3.8) is 0 Å². The van der Waals surface area contributed by atoms with Crippen molar-refractivity contribution in [2.45, 2.75) is 4.90 Å². The molecule has 1 aromatic carbocycles. The van der Waals surface area contributed by atoms with Crippen molar-refractivity contribution in [2.75, 3.05) is 36.7 Å². The molecule has 20 heavy (non-hydrogen) atoms. The summed E-state index contributed by atoms with van der Waals surface area (Å²) in [6.07, 6.45) is 1.80. The van der Waals surface area contributed by atoms with E-state index in [1.54, 1.807) is 23.9 Å². The van der Waals surface area contributed by atoms with Gasteiger partial charge < -0.3 is 5.32 Å². The molecule has 1 aromatic rings. The van der Waals surface area contributed by atoms with Crippen molar-refractivity contribution >= 4 is 27.7 Å². The maximum absolute atomic E-state index is 12.3. The van der Waals surface area contributed by atoms with Crippen molar-refractivity contribution in [1.29, 1.82) is 0 Å². The standard InChI is InChI=1S/C13H19N3O2S2/c1-2-11-19-13-6-4-3-5-12(13)15-20(17,18)16-9-7-14-8-10-16/h2-6,14-15H,1,7-11H2. The van der Waals surface area contributed by atoms with Gasteiger partial charge in [-0.15, -0.1) is 18.3 Å². The van der Waals surface area contributed by atoms with Gasteiger partial charge >= 0.3 is 10.2 Å². The minimum absolute atomic E-state index is 0.497. The van der Waals surface area contributed by atoms with Gasteiger partial charge in [0, 0.05) is 36.8 Å². The summed E-state index contributed by atoms with van der Waals surface area (Å²) in [5.41, 5.74) is 0.623. The fourth-order valence-corrected chi connectivity index (χ4v) is 3.97. The molecular weight excluding hydrogens is 294 g/mol. The van der Waals surface area contributed by atoms with Crippen LogP contribution >= 0.6 is 11.8 Å². The summed E-state index contributed by atoms with van der Waals surface area (Å²) in [5.74, 6) is 0.742. The molecule has 5 nitrogen and oxygen atoms in total. The predicted molar refractivity (Wildman–Crippen MR) is 84.3 cm³/mol. The summed E-state index contributed by atoms with van der Waals surface area (Å²) in [7, 11) is -3.48. The Morgan fingerprint density at radius 1 is 1.35 bits per heavy atom. The molecule has 0 unspecified atom stereocenters. The van der Waals surface area contributed by atoms with Crippen LogP contribution in [-0.2, 0) is 10.2 Å². The fourth-order valence-electron chi connectivity index (χ4n) is 1.91. The Bertz CT molecular complexity index is 554. The van der Waals surface area contributed by atoms with Gasteiger partial charge in [0.05, 0.1) is 5.69 Å². The Kier molecular flexibility index (Phi) is 5.47. The molecule has 1 fully saturated rings. The number of thioether (sulfide) groups is 1. The zero-order chi connectivity index (χ0) is 14.4. The van der Waals surface area contributed by atoms with E-state index in [0.717, 1.165) is 10.6 Å². The summed E-state index contributed by atoms with van der Waals surface area (Å²) in [6.45, 7) is 6.05.